The van der Waals surface area contributed by atoms with Gasteiger partial charge in [0.1, 0.15) is 5.69 Å². The molecular weight excluding hydrogens is 324 g/mol. The number of carbonyl (C=O) groups is 2. The molecule has 0 unspecified atom stereocenters. The van der Waals surface area contributed by atoms with Gasteiger partial charge in [-0.05, 0) is 35.6 Å². The van der Waals surface area contributed by atoms with Gasteiger partial charge in [-0.2, -0.15) is 0 Å². The Morgan fingerprint density at radius 3 is 2.92 bits per heavy atom. The van der Waals surface area contributed by atoms with Gasteiger partial charge in [-0.25, -0.2) is 0 Å². The lowest BCUT2D eigenvalue weighted by molar-refractivity contribution is -0.137. The SMILES string of the molecule is NC(=O)c1cc(N2CC(C(=O)N3CCc4sccc4C3)C2)ccn1. The average molecular weight is 342 g/mol. The molecule has 0 aliphatic carbocycles. The molecule has 2 amide bonds. The molecule has 4 rings (SSSR count). The molecule has 0 spiro atoms. The summed E-state index contributed by atoms with van der Waals surface area (Å²) in [5.41, 5.74) is 7.70. The molecule has 1 fully saturated rings. The normalized spacial score (nSPS) is 17.3. The molecule has 0 bridgehead atoms. The van der Waals surface area contributed by atoms with Crippen LogP contribution in [0.25, 0.3) is 0 Å². The van der Waals surface area contributed by atoms with Crippen LogP contribution in [-0.2, 0) is 17.8 Å². The van der Waals surface area contributed by atoms with Gasteiger partial charge in [-0.1, -0.05) is 0 Å². The van der Waals surface area contributed by atoms with Crippen LogP contribution in [0.3, 0.4) is 0 Å². The number of anilines is 1. The molecule has 2 aliphatic heterocycles. The molecule has 2 aliphatic rings. The van der Waals surface area contributed by atoms with Crippen LogP contribution in [0.15, 0.2) is 29.8 Å². The topological polar surface area (TPSA) is 79.5 Å². The standard InChI is InChI=1S/C17H18N4O2S/c18-16(22)14-7-13(1-4-19-14)21-9-12(10-21)17(23)20-5-2-15-11(8-20)3-6-24-15/h1,3-4,6-7,12H,2,5,8-10H2,(H2,18,22). The van der Waals surface area contributed by atoms with Gasteiger partial charge >= 0.3 is 0 Å². The van der Waals surface area contributed by atoms with Crippen LogP contribution in [0.5, 0.6) is 0 Å². The summed E-state index contributed by atoms with van der Waals surface area (Å²) >= 11 is 1.78. The Kier molecular flexibility index (Phi) is 3.72. The molecule has 24 heavy (non-hydrogen) atoms. The Labute approximate surface area is 143 Å². The largest absolute Gasteiger partial charge is 0.370 e. The minimum absolute atomic E-state index is 0.0235. The smallest absolute Gasteiger partial charge is 0.267 e. The number of hydrogen-bond acceptors (Lipinski definition) is 5. The fraction of sp³-hybridized carbons (Fsp3) is 0.353. The second-order valence-electron chi connectivity index (χ2n) is 6.24. The number of primary amides is 1. The van der Waals surface area contributed by atoms with Crippen molar-refractivity contribution in [2.24, 2.45) is 11.7 Å². The molecule has 124 valence electrons. The Balaban J connectivity index is 1.38. The minimum atomic E-state index is -0.537. The van der Waals surface area contributed by atoms with Gasteiger partial charge in [-0.15, -0.1) is 11.3 Å². The summed E-state index contributed by atoms with van der Waals surface area (Å²) in [6.45, 7) is 2.89. The summed E-state index contributed by atoms with van der Waals surface area (Å²) in [6.07, 6.45) is 2.54. The van der Waals surface area contributed by atoms with Gasteiger partial charge in [-0.3, -0.25) is 14.6 Å². The summed E-state index contributed by atoms with van der Waals surface area (Å²) in [7, 11) is 0. The van der Waals surface area contributed by atoms with Crippen LogP contribution in [0.2, 0.25) is 0 Å². The lowest BCUT2D eigenvalue weighted by atomic mass is 9.96. The predicted molar refractivity (Wildman–Crippen MR) is 91.9 cm³/mol. The quantitative estimate of drug-likeness (QED) is 0.911. The summed E-state index contributed by atoms with van der Waals surface area (Å²) in [4.78, 5) is 33.3. The maximum absolute atomic E-state index is 12.7. The Bertz CT molecular complexity index is 797. The molecular formula is C17H18N4O2S. The Morgan fingerprint density at radius 2 is 2.12 bits per heavy atom. The van der Waals surface area contributed by atoms with Gasteiger partial charge in [0.15, 0.2) is 0 Å². The number of fused-ring (bicyclic) bond motifs is 1. The van der Waals surface area contributed by atoms with Crippen molar-refractivity contribution in [1.82, 2.24) is 9.88 Å². The molecule has 0 radical (unpaired) electrons. The van der Waals surface area contributed by atoms with Gasteiger partial charge < -0.3 is 15.5 Å². The molecule has 2 aromatic heterocycles. The molecule has 4 heterocycles. The molecule has 2 aromatic rings. The third-order valence-corrected chi connectivity index (χ3v) is 5.73. The number of rotatable bonds is 3. The fourth-order valence-electron chi connectivity index (χ4n) is 3.29. The highest BCUT2D eigenvalue weighted by molar-refractivity contribution is 7.10. The number of carbonyl (C=O) groups excluding carboxylic acids is 2. The van der Waals surface area contributed by atoms with Gasteiger partial charge in [0.05, 0.1) is 5.92 Å². The number of nitrogens with zero attached hydrogens (tertiary/aromatic N) is 3. The van der Waals surface area contributed by atoms with Crippen LogP contribution in [-0.4, -0.2) is 41.3 Å². The van der Waals surface area contributed by atoms with Crippen LogP contribution in [0.4, 0.5) is 5.69 Å². The predicted octanol–water partition coefficient (Wildman–Crippen LogP) is 1.26. The van der Waals surface area contributed by atoms with Gasteiger partial charge in [0.2, 0.25) is 5.91 Å². The van der Waals surface area contributed by atoms with Crippen LogP contribution in [0, 0.1) is 5.92 Å². The Hall–Kier alpha value is -2.41. The fourth-order valence-corrected chi connectivity index (χ4v) is 4.18. The number of thiophene rings is 1. The van der Waals surface area contributed by atoms with E-state index < -0.39 is 5.91 Å². The van der Waals surface area contributed by atoms with E-state index in [0.717, 1.165) is 25.2 Å². The molecule has 1 saturated heterocycles. The number of amides is 2. The van der Waals surface area contributed by atoms with Crippen molar-refractivity contribution in [1.29, 1.82) is 0 Å². The van der Waals surface area contributed by atoms with Crippen molar-refractivity contribution < 1.29 is 9.59 Å². The average Bonchev–Trinajstić information content (AvgIpc) is 3.01. The van der Waals surface area contributed by atoms with E-state index >= 15 is 0 Å². The zero-order valence-electron chi connectivity index (χ0n) is 13.1. The van der Waals surface area contributed by atoms with E-state index in [0.29, 0.717) is 13.1 Å². The summed E-state index contributed by atoms with van der Waals surface area (Å²) in [6, 6.07) is 5.64. The van der Waals surface area contributed by atoms with E-state index in [9.17, 15) is 9.59 Å². The van der Waals surface area contributed by atoms with Crippen molar-refractivity contribution in [2.75, 3.05) is 24.5 Å². The van der Waals surface area contributed by atoms with Crippen LogP contribution >= 0.6 is 11.3 Å². The summed E-state index contributed by atoms with van der Waals surface area (Å²) < 4.78 is 0. The zero-order chi connectivity index (χ0) is 16.7. The first-order valence-electron chi connectivity index (χ1n) is 7.96. The van der Waals surface area contributed by atoms with Gasteiger partial charge in [0, 0.05) is 42.9 Å². The lowest BCUT2D eigenvalue weighted by Gasteiger charge is -2.42. The second-order valence-corrected chi connectivity index (χ2v) is 7.24. The summed E-state index contributed by atoms with van der Waals surface area (Å²) in [5.74, 6) is -0.285. The highest BCUT2D eigenvalue weighted by Crippen LogP contribution is 2.29. The highest BCUT2D eigenvalue weighted by atomic mass is 32.1. The summed E-state index contributed by atoms with van der Waals surface area (Å²) in [5, 5.41) is 2.10. The molecule has 6 nitrogen and oxygen atoms in total. The first-order chi connectivity index (χ1) is 11.6. The zero-order valence-corrected chi connectivity index (χ0v) is 14.0. The lowest BCUT2D eigenvalue weighted by Crippen LogP contribution is -2.55. The van der Waals surface area contributed by atoms with Crippen LogP contribution < -0.4 is 10.6 Å². The maximum atomic E-state index is 12.7. The maximum Gasteiger partial charge on any atom is 0.267 e. The van der Waals surface area contributed by atoms with Gasteiger partial charge in [0.25, 0.3) is 5.91 Å². The van der Waals surface area contributed by atoms with Crippen molar-refractivity contribution in [3.8, 4) is 0 Å². The Morgan fingerprint density at radius 1 is 1.29 bits per heavy atom. The number of hydrogen-bond donors (Lipinski definition) is 1. The van der Waals surface area contributed by atoms with Crippen molar-refractivity contribution in [3.05, 3.63) is 45.9 Å². The number of nitrogens with two attached hydrogens (primary N) is 1. The number of pyridine rings is 1. The van der Waals surface area contributed by atoms with E-state index in [2.05, 4.69) is 21.3 Å². The van der Waals surface area contributed by atoms with E-state index in [-0.39, 0.29) is 17.5 Å². The van der Waals surface area contributed by atoms with E-state index in [1.54, 1.807) is 23.6 Å². The third-order valence-electron chi connectivity index (χ3n) is 4.71. The first kappa shape index (κ1) is 15.1. The van der Waals surface area contributed by atoms with Crippen molar-refractivity contribution in [3.63, 3.8) is 0 Å². The number of aromatic nitrogens is 1. The molecule has 0 atom stereocenters. The minimum Gasteiger partial charge on any atom is -0.370 e. The van der Waals surface area contributed by atoms with Crippen LogP contribution in [0.1, 0.15) is 20.9 Å². The van der Waals surface area contributed by atoms with Crippen molar-refractivity contribution >= 4 is 28.8 Å². The molecule has 0 saturated carbocycles. The van der Waals surface area contributed by atoms with E-state index in [1.807, 2.05) is 11.0 Å². The molecule has 7 heteroatoms. The molecule has 0 aromatic carbocycles. The second kappa shape index (κ2) is 5.90. The van der Waals surface area contributed by atoms with E-state index in [4.69, 9.17) is 5.73 Å². The first-order valence-corrected chi connectivity index (χ1v) is 8.84. The molecule has 2 N–H and O–H groups in total. The van der Waals surface area contributed by atoms with Crippen molar-refractivity contribution in [2.45, 2.75) is 13.0 Å². The van der Waals surface area contributed by atoms with E-state index in [1.165, 1.54) is 10.4 Å². The monoisotopic (exact) mass is 342 g/mol. The highest BCUT2D eigenvalue weighted by Gasteiger charge is 2.36. The third kappa shape index (κ3) is 2.65.